The minimum Gasteiger partial charge on any atom is -0.457 e. The van der Waals surface area contributed by atoms with E-state index in [1.807, 2.05) is 158 Å². The largest absolute Gasteiger partial charge is 0.457 e. The number of hydrogen-bond donors (Lipinski definition) is 2. The number of anilines is 1. The quantitative estimate of drug-likeness (QED) is 0.0289. The molecule has 382 valence electrons. The first kappa shape index (κ1) is 51.1. The lowest BCUT2D eigenvalue weighted by molar-refractivity contribution is -0.160. The molecule has 2 aliphatic heterocycles. The van der Waals surface area contributed by atoms with Crippen LogP contribution in [0.5, 0.6) is 0 Å². The summed E-state index contributed by atoms with van der Waals surface area (Å²) in [6, 6.07) is 50.3. The molecule has 3 aromatic heterocycles. The summed E-state index contributed by atoms with van der Waals surface area (Å²) in [5, 5.41) is 12.0. The second kappa shape index (κ2) is 22.2. The van der Waals surface area contributed by atoms with Gasteiger partial charge >= 0.3 is 11.9 Å². The number of rotatable bonds is 17. The summed E-state index contributed by atoms with van der Waals surface area (Å²) in [5.41, 5.74) is 2.83. The number of β-lactam (4-membered cyclic amide) rings is 1. The fourth-order valence-corrected chi connectivity index (χ4v) is 12.5. The third-order valence-corrected chi connectivity index (χ3v) is 15.8. The molecule has 5 aromatic carbocycles. The van der Waals surface area contributed by atoms with Gasteiger partial charge in [-0.2, -0.15) is 0 Å². The molecule has 3 atom stereocenters. The Morgan fingerprint density at radius 3 is 1.92 bits per heavy atom. The zero-order chi connectivity index (χ0) is 52.8. The van der Waals surface area contributed by atoms with Gasteiger partial charge in [-0.1, -0.05) is 157 Å². The van der Waals surface area contributed by atoms with E-state index in [0.29, 0.717) is 31.7 Å². The molecule has 1 fully saturated rings. The van der Waals surface area contributed by atoms with Gasteiger partial charge in [0.1, 0.15) is 39.0 Å². The summed E-state index contributed by atoms with van der Waals surface area (Å²) < 4.78 is 26.4. The monoisotopic (exact) mass is 1070 g/mol. The minimum atomic E-state index is -1.89. The van der Waals surface area contributed by atoms with Gasteiger partial charge in [-0.25, -0.2) is 19.6 Å². The maximum atomic E-state index is 14.9. The van der Waals surface area contributed by atoms with Crippen LogP contribution in [-0.2, 0) is 49.8 Å². The molecule has 3 unspecified atom stereocenters. The number of nitrogens with zero attached hydrogens (tertiary/aromatic N) is 5. The molecule has 10 rings (SSSR count). The second-order valence-electron chi connectivity index (χ2n) is 18.6. The molecule has 2 N–H and O–H groups in total. The molecule has 18 heteroatoms. The van der Waals surface area contributed by atoms with Crippen LogP contribution in [0.25, 0.3) is 16.1 Å². The summed E-state index contributed by atoms with van der Waals surface area (Å²) in [5.74, 6) is -3.42. The van der Waals surface area contributed by atoms with Crippen LogP contribution in [0.4, 0.5) is 5.13 Å². The van der Waals surface area contributed by atoms with E-state index in [9.17, 15) is 23.4 Å². The van der Waals surface area contributed by atoms with Crippen LogP contribution in [0.2, 0.25) is 0 Å². The first-order valence-corrected chi connectivity index (χ1v) is 27.2. The van der Waals surface area contributed by atoms with Crippen molar-refractivity contribution in [3.63, 3.8) is 0 Å². The predicted octanol–water partition coefficient (Wildman–Crippen LogP) is 9.29. The molecular weight excluding hydrogens is 1020 g/mol. The van der Waals surface area contributed by atoms with Gasteiger partial charge in [0.15, 0.2) is 16.9 Å². The number of oxime groups is 1. The molecular formula is C58H49N7O8S3. The Morgan fingerprint density at radius 2 is 1.37 bits per heavy atom. The number of hydrogen-bond acceptors (Lipinski definition) is 15. The summed E-state index contributed by atoms with van der Waals surface area (Å²) in [6.07, 6.45) is 3.99. The van der Waals surface area contributed by atoms with E-state index in [4.69, 9.17) is 19.3 Å². The highest BCUT2D eigenvalue weighted by atomic mass is 32.2. The van der Waals surface area contributed by atoms with Gasteiger partial charge in [0.25, 0.3) is 11.8 Å². The number of benzene rings is 5. The van der Waals surface area contributed by atoms with Crippen molar-refractivity contribution in [3.8, 4) is 10.6 Å². The highest BCUT2D eigenvalue weighted by molar-refractivity contribution is 7.86. The Labute approximate surface area is 448 Å². The van der Waals surface area contributed by atoms with E-state index in [1.54, 1.807) is 50.8 Å². The fourth-order valence-electron chi connectivity index (χ4n) is 9.05. The first-order valence-electron chi connectivity index (χ1n) is 24.1. The van der Waals surface area contributed by atoms with Crippen LogP contribution >= 0.6 is 22.7 Å². The van der Waals surface area contributed by atoms with Crippen molar-refractivity contribution in [1.29, 1.82) is 0 Å². The SMILES string of the molecule is CC(C)(C)OC(=O)CON=C(C(=O)NC1C(=O)N2C(C(=O)OC(c3ccccc3)c3ccccc3)=C(c3cnc(-c4cccnc4)s3)CS(=O)C12)c1csc(NC(c2ccccc2)(c2ccccc2)c2ccccc2)n1. The number of carbonyl (C=O) groups excluding carboxylic acids is 4. The number of ether oxygens (including phenoxy) is 2. The van der Waals surface area contributed by atoms with Crippen molar-refractivity contribution < 1.29 is 37.7 Å². The van der Waals surface area contributed by atoms with E-state index >= 15 is 0 Å². The average molecular weight is 1070 g/mol. The number of fused-ring (bicyclic) bond motifs is 1. The molecule has 2 amide bonds. The molecule has 1 saturated heterocycles. The van der Waals surface area contributed by atoms with Crippen molar-refractivity contribution in [2.24, 2.45) is 5.16 Å². The molecule has 0 bridgehead atoms. The zero-order valence-electron chi connectivity index (χ0n) is 41.3. The second-order valence-corrected chi connectivity index (χ2v) is 22.0. The van der Waals surface area contributed by atoms with Gasteiger partial charge in [-0.3, -0.25) is 23.7 Å². The Morgan fingerprint density at radius 1 is 0.789 bits per heavy atom. The molecule has 0 saturated carbocycles. The van der Waals surface area contributed by atoms with E-state index < -0.39 is 69.8 Å². The number of thiazole rings is 2. The maximum Gasteiger partial charge on any atom is 0.356 e. The van der Waals surface area contributed by atoms with E-state index in [-0.39, 0.29) is 22.9 Å². The highest BCUT2D eigenvalue weighted by Gasteiger charge is 2.58. The fraction of sp³-hybridized carbons (Fsp3) is 0.172. The number of nitrogens with one attached hydrogen (secondary N) is 2. The van der Waals surface area contributed by atoms with Crippen LogP contribution in [0.3, 0.4) is 0 Å². The standard InChI is InChI=1S/C58H49N7O8S3/c1-57(2,3)73-46(66)34-71-64-47(44-35-74-56(61-44)63-58(40-25-13-6-14-26-40,41-27-15-7-16-28-41)42-29-17-8-18-30-42)51(67)62-48-53(68)65-49(55(69)72-50(37-20-9-4-10-21-37)38-22-11-5-12-23-38)43(36-76(70)54(48)65)45-33-60-52(75-45)39-24-19-31-59-32-39/h4-33,35,48,50,54H,34,36H2,1-3H3,(H,61,63)(H,62,67). The van der Waals surface area contributed by atoms with Gasteiger partial charge in [0.05, 0.1) is 21.4 Å². The molecule has 8 aromatic rings. The van der Waals surface area contributed by atoms with E-state index in [2.05, 4.69) is 25.8 Å². The van der Waals surface area contributed by atoms with Crippen LogP contribution in [0.15, 0.2) is 199 Å². The van der Waals surface area contributed by atoms with Crippen molar-refractivity contribution in [3.05, 3.63) is 232 Å². The van der Waals surface area contributed by atoms with Gasteiger partial charge in [-0.15, -0.1) is 22.7 Å². The lowest BCUT2D eigenvalue weighted by Crippen LogP contribution is -2.74. The number of esters is 2. The number of pyridine rings is 1. The van der Waals surface area contributed by atoms with Crippen molar-refractivity contribution >= 4 is 73.6 Å². The molecule has 0 radical (unpaired) electrons. The lowest BCUT2D eigenvalue weighted by atomic mass is 9.77. The summed E-state index contributed by atoms with van der Waals surface area (Å²) in [7, 11) is -1.89. The minimum absolute atomic E-state index is 0.0413. The van der Waals surface area contributed by atoms with E-state index in [0.717, 1.165) is 27.2 Å². The number of carbonyl (C=O) groups is 4. The van der Waals surface area contributed by atoms with Gasteiger partial charge in [0.2, 0.25) is 6.61 Å². The molecule has 0 aliphatic carbocycles. The smallest absolute Gasteiger partial charge is 0.356 e. The van der Waals surface area contributed by atoms with Crippen molar-refractivity contribution in [2.75, 3.05) is 17.7 Å². The molecule has 76 heavy (non-hydrogen) atoms. The lowest BCUT2D eigenvalue weighted by Gasteiger charge is -2.49. The van der Waals surface area contributed by atoms with Gasteiger partial charge in [-0.05, 0) is 60.7 Å². The highest BCUT2D eigenvalue weighted by Crippen LogP contribution is 2.44. The van der Waals surface area contributed by atoms with Gasteiger partial charge in [0, 0.05) is 35.1 Å². The third-order valence-electron chi connectivity index (χ3n) is 12.4. The maximum absolute atomic E-state index is 14.9. The Hall–Kier alpha value is -8.45. The topological polar surface area (TPSA) is 191 Å². The van der Waals surface area contributed by atoms with Gasteiger partial charge < -0.3 is 24.9 Å². The van der Waals surface area contributed by atoms with Crippen molar-refractivity contribution in [2.45, 2.75) is 49.4 Å². The third kappa shape index (κ3) is 10.7. The Bertz CT molecular complexity index is 3330. The number of amides is 2. The molecule has 0 spiro atoms. The van der Waals surface area contributed by atoms with Crippen molar-refractivity contribution in [1.82, 2.24) is 25.2 Å². The summed E-state index contributed by atoms with van der Waals surface area (Å²) in [6.45, 7) is 4.46. The predicted molar refractivity (Wildman–Crippen MR) is 292 cm³/mol. The molecule has 2 aliphatic rings. The average Bonchev–Trinajstić information content (AvgIpc) is 4.22. The normalized spacial score (nSPS) is 16.6. The molecule has 5 heterocycles. The van der Waals surface area contributed by atoms with Crippen LogP contribution < -0.4 is 10.6 Å². The molecule has 15 nitrogen and oxygen atoms in total. The Kier molecular flexibility index (Phi) is 14.9. The zero-order valence-corrected chi connectivity index (χ0v) is 43.7. The van der Waals surface area contributed by atoms with Crippen LogP contribution in [0.1, 0.15) is 65.3 Å². The summed E-state index contributed by atoms with van der Waals surface area (Å²) >= 11 is 2.45. The van der Waals surface area contributed by atoms with E-state index in [1.165, 1.54) is 22.7 Å². The van der Waals surface area contributed by atoms with Crippen LogP contribution in [0, 0.1) is 0 Å². The Balaban J connectivity index is 0.991. The van der Waals surface area contributed by atoms with Crippen LogP contribution in [-0.4, -0.2) is 82.9 Å². The number of aromatic nitrogens is 3. The summed E-state index contributed by atoms with van der Waals surface area (Å²) in [4.78, 5) is 78.1. The first-order chi connectivity index (χ1) is 36.9.